The van der Waals surface area contributed by atoms with E-state index in [2.05, 4.69) is 20.9 Å². The number of nitrogens with one attached hydrogen (secondary N) is 1. The van der Waals surface area contributed by atoms with Gasteiger partial charge < -0.3 is 14.5 Å². The number of halogens is 1. The molecule has 128 valence electrons. The Balaban J connectivity index is 1.76. The van der Waals surface area contributed by atoms with E-state index in [1.807, 2.05) is 18.2 Å². The molecule has 2 aromatic carbocycles. The van der Waals surface area contributed by atoms with Crippen LogP contribution in [0.1, 0.15) is 27.6 Å². The number of ketones is 1. The molecule has 0 fully saturated rings. The molecule has 25 heavy (non-hydrogen) atoms. The standard InChI is InChI=1S/C19H16BrNO4/c1-11(18(22)12-3-6-14(24-2)7-4-12)25-19(23)16-10-21-17-8-5-13(20)9-15(16)17/h3-11,21H,1-2H3. The first-order valence-corrected chi connectivity index (χ1v) is 8.45. The van der Waals surface area contributed by atoms with E-state index >= 15 is 0 Å². The Morgan fingerprint density at radius 1 is 1.12 bits per heavy atom. The molecule has 1 heterocycles. The van der Waals surface area contributed by atoms with Crippen molar-refractivity contribution in [3.63, 3.8) is 0 Å². The number of Topliss-reactive ketones (excluding diaryl/α,β-unsaturated/α-hetero) is 1. The summed E-state index contributed by atoms with van der Waals surface area (Å²) in [7, 11) is 1.56. The molecule has 0 saturated carbocycles. The maximum Gasteiger partial charge on any atom is 0.341 e. The molecule has 0 bridgehead atoms. The lowest BCUT2D eigenvalue weighted by Crippen LogP contribution is -2.24. The van der Waals surface area contributed by atoms with Gasteiger partial charge in [0.25, 0.3) is 0 Å². The van der Waals surface area contributed by atoms with Crippen LogP contribution in [0.3, 0.4) is 0 Å². The van der Waals surface area contributed by atoms with Crippen molar-refractivity contribution in [2.75, 3.05) is 7.11 Å². The van der Waals surface area contributed by atoms with Gasteiger partial charge in [0.15, 0.2) is 6.10 Å². The fraction of sp³-hybridized carbons (Fsp3) is 0.158. The van der Waals surface area contributed by atoms with Gasteiger partial charge in [-0.05, 0) is 49.4 Å². The van der Waals surface area contributed by atoms with E-state index in [1.54, 1.807) is 44.5 Å². The van der Waals surface area contributed by atoms with Crippen molar-refractivity contribution in [1.82, 2.24) is 4.98 Å². The summed E-state index contributed by atoms with van der Waals surface area (Å²) in [6, 6.07) is 12.3. The first-order chi connectivity index (χ1) is 12.0. The summed E-state index contributed by atoms with van der Waals surface area (Å²) in [5, 5.41) is 0.739. The molecule has 6 heteroatoms. The van der Waals surface area contributed by atoms with Gasteiger partial charge in [0.1, 0.15) is 5.75 Å². The second-order valence-corrected chi connectivity index (χ2v) is 6.45. The first-order valence-electron chi connectivity index (χ1n) is 7.65. The lowest BCUT2D eigenvalue weighted by molar-refractivity contribution is 0.0321. The molecule has 0 spiro atoms. The predicted molar refractivity (Wildman–Crippen MR) is 98.2 cm³/mol. The Morgan fingerprint density at radius 3 is 2.52 bits per heavy atom. The summed E-state index contributed by atoms with van der Waals surface area (Å²) < 4.78 is 11.3. The fourth-order valence-corrected chi connectivity index (χ4v) is 2.89. The summed E-state index contributed by atoms with van der Waals surface area (Å²) in [5.41, 5.74) is 1.68. The van der Waals surface area contributed by atoms with E-state index in [1.165, 1.54) is 0 Å². The Labute approximate surface area is 153 Å². The number of aromatic amines is 1. The molecule has 3 aromatic rings. The highest BCUT2D eigenvalue weighted by molar-refractivity contribution is 9.10. The molecule has 1 unspecified atom stereocenters. The van der Waals surface area contributed by atoms with Gasteiger partial charge >= 0.3 is 5.97 Å². The Bertz CT molecular complexity index is 930. The normalized spacial score (nSPS) is 12.0. The van der Waals surface area contributed by atoms with E-state index in [-0.39, 0.29) is 5.78 Å². The number of methoxy groups -OCH3 is 1. The number of carbonyl (C=O) groups is 2. The number of hydrogen-bond donors (Lipinski definition) is 1. The third kappa shape index (κ3) is 3.58. The number of H-pyrrole nitrogens is 1. The molecule has 0 aliphatic rings. The van der Waals surface area contributed by atoms with E-state index in [0.717, 1.165) is 15.4 Å². The van der Waals surface area contributed by atoms with Crippen LogP contribution < -0.4 is 4.74 Å². The molecule has 0 aliphatic carbocycles. The third-order valence-electron chi connectivity index (χ3n) is 3.89. The Kier molecular flexibility index (Phi) is 4.90. The van der Waals surface area contributed by atoms with Crippen LogP contribution in [-0.2, 0) is 4.74 Å². The summed E-state index contributed by atoms with van der Waals surface area (Å²) in [5.74, 6) is -0.152. The summed E-state index contributed by atoms with van der Waals surface area (Å²) in [6.45, 7) is 1.56. The van der Waals surface area contributed by atoms with Crippen molar-refractivity contribution >= 4 is 38.6 Å². The molecule has 1 aromatic heterocycles. The molecule has 1 N–H and O–H groups in total. The Hall–Kier alpha value is -2.60. The lowest BCUT2D eigenvalue weighted by atomic mass is 10.1. The van der Waals surface area contributed by atoms with Gasteiger partial charge in [-0.3, -0.25) is 4.79 Å². The molecule has 0 aliphatic heterocycles. The predicted octanol–water partition coefficient (Wildman–Crippen LogP) is 4.37. The van der Waals surface area contributed by atoms with Crippen LogP contribution in [0.15, 0.2) is 53.1 Å². The average molecular weight is 402 g/mol. The topological polar surface area (TPSA) is 68.4 Å². The highest BCUT2D eigenvalue weighted by Crippen LogP contribution is 2.24. The van der Waals surface area contributed by atoms with Crippen LogP contribution in [0.4, 0.5) is 0 Å². The van der Waals surface area contributed by atoms with Crippen molar-refractivity contribution in [2.45, 2.75) is 13.0 Å². The van der Waals surface area contributed by atoms with Crippen LogP contribution in [0.25, 0.3) is 10.9 Å². The molecule has 5 nitrogen and oxygen atoms in total. The summed E-state index contributed by atoms with van der Waals surface area (Å²) in [6.07, 6.45) is 0.697. The van der Waals surface area contributed by atoms with Crippen molar-refractivity contribution in [3.05, 3.63) is 64.3 Å². The molecular formula is C19H16BrNO4. The fourth-order valence-electron chi connectivity index (χ4n) is 2.53. The van der Waals surface area contributed by atoms with Crippen LogP contribution in [0, 0.1) is 0 Å². The summed E-state index contributed by atoms with van der Waals surface area (Å²) in [4.78, 5) is 27.9. The molecule has 0 saturated heterocycles. The van der Waals surface area contributed by atoms with Crippen LogP contribution in [0.5, 0.6) is 5.75 Å². The quantitative estimate of drug-likeness (QED) is 0.509. The number of ether oxygens (including phenoxy) is 2. The van der Waals surface area contributed by atoms with Gasteiger partial charge in [0, 0.05) is 27.1 Å². The minimum atomic E-state index is -0.891. The van der Waals surface area contributed by atoms with Gasteiger partial charge in [0.2, 0.25) is 5.78 Å². The smallest absolute Gasteiger partial charge is 0.341 e. The highest BCUT2D eigenvalue weighted by Gasteiger charge is 2.22. The maximum absolute atomic E-state index is 12.4. The van der Waals surface area contributed by atoms with Gasteiger partial charge in [0.05, 0.1) is 12.7 Å². The van der Waals surface area contributed by atoms with Crippen LogP contribution in [-0.4, -0.2) is 30.0 Å². The molecule has 1 atom stereocenters. The number of esters is 1. The van der Waals surface area contributed by atoms with E-state index in [9.17, 15) is 9.59 Å². The van der Waals surface area contributed by atoms with E-state index < -0.39 is 12.1 Å². The number of fused-ring (bicyclic) bond motifs is 1. The minimum Gasteiger partial charge on any atom is -0.497 e. The molecule has 0 amide bonds. The van der Waals surface area contributed by atoms with Crippen LogP contribution >= 0.6 is 15.9 Å². The van der Waals surface area contributed by atoms with E-state index in [0.29, 0.717) is 16.9 Å². The summed E-state index contributed by atoms with van der Waals surface area (Å²) >= 11 is 3.39. The zero-order chi connectivity index (χ0) is 18.0. The second-order valence-electron chi connectivity index (χ2n) is 5.53. The highest BCUT2D eigenvalue weighted by atomic mass is 79.9. The second kappa shape index (κ2) is 7.11. The Morgan fingerprint density at radius 2 is 1.84 bits per heavy atom. The van der Waals surface area contributed by atoms with E-state index in [4.69, 9.17) is 9.47 Å². The zero-order valence-corrected chi connectivity index (χ0v) is 15.3. The average Bonchev–Trinajstić information content (AvgIpc) is 3.04. The van der Waals surface area contributed by atoms with Gasteiger partial charge in [-0.25, -0.2) is 4.79 Å². The third-order valence-corrected chi connectivity index (χ3v) is 4.38. The largest absolute Gasteiger partial charge is 0.497 e. The van der Waals surface area contributed by atoms with Crippen LogP contribution in [0.2, 0.25) is 0 Å². The van der Waals surface area contributed by atoms with Crippen molar-refractivity contribution in [3.8, 4) is 5.75 Å². The number of carbonyl (C=O) groups excluding carboxylic acids is 2. The number of hydrogen-bond acceptors (Lipinski definition) is 4. The first kappa shape index (κ1) is 17.2. The zero-order valence-electron chi connectivity index (χ0n) is 13.7. The molecular weight excluding hydrogens is 386 g/mol. The maximum atomic E-state index is 12.4. The van der Waals surface area contributed by atoms with Gasteiger partial charge in [-0.1, -0.05) is 15.9 Å². The molecule has 0 radical (unpaired) electrons. The van der Waals surface area contributed by atoms with Crippen molar-refractivity contribution in [2.24, 2.45) is 0 Å². The van der Waals surface area contributed by atoms with Gasteiger partial charge in [-0.15, -0.1) is 0 Å². The minimum absolute atomic E-state index is 0.267. The SMILES string of the molecule is COc1ccc(C(=O)C(C)OC(=O)c2c[nH]c3ccc(Br)cc23)cc1. The van der Waals surface area contributed by atoms with Crippen molar-refractivity contribution in [1.29, 1.82) is 0 Å². The molecule has 3 rings (SSSR count). The van der Waals surface area contributed by atoms with Crippen molar-refractivity contribution < 1.29 is 19.1 Å². The number of benzene rings is 2. The number of rotatable bonds is 5. The lowest BCUT2D eigenvalue weighted by Gasteiger charge is -2.12. The monoisotopic (exact) mass is 401 g/mol. The van der Waals surface area contributed by atoms with Gasteiger partial charge in [-0.2, -0.15) is 0 Å². The number of aromatic nitrogens is 1.